The van der Waals surface area contributed by atoms with Crippen molar-refractivity contribution in [2.45, 2.75) is 71.6 Å². The van der Waals surface area contributed by atoms with E-state index in [-0.39, 0.29) is 29.3 Å². The van der Waals surface area contributed by atoms with Crippen molar-refractivity contribution in [1.29, 1.82) is 0 Å². The second-order valence-electron chi connectivity index (χ2n) is 8.60. The number of rotatable bonds is 6. The molecule has 5 nitrogen and oxygen atoms in total. The molecule has 0 aliphatic heterocycles. The molecule has 0 aromatic rings. The number of esters is 2. The summed E-state index contributed by atoms with van der Waals surface area (Å²) in [5, 5.41) is 3.23. The van der Waals surface area contributed by atoms with Gasteiger partial charge in [-0.1, -0.05) is 13.8 Å². The Morgan fingerprint density at radius 3 is 1.79 bits per heavy atom. The lowest BCUT2D eigenvalue weighted by atomic mass is 9.47. The van der Waals surface area contributed by atoms with Gasteiger partial charge < -0.3 is 14.8 Å². The summed E-state index contributed by atoms with van der Waals surface area (Å²) < 4.78 is 10.7. The Balaban J connectivity index is 1.65. The normalized spacial score (nSPS) is 36.5. The van der Waals surface area contributed by atoms with Crippen molar-refractivity contribution in [2.24, 2.45) is 29.1 Å². The molecule has 1 unspecified atom stereocenters. The maximum Gasteiger partial charge on any atom is 0.326 e. The maximum atomic E-state index is 12.8. The summed E-state index contributed by atoms with van der Waals surface area (Å²) >= 11 is 0. The van der Waals surface area contributed by atoms with Crippen LogP contribution < -0.4 is 5.32 Å². The molecule has 0 radical (unpaired) electrons. The molecule has 5 heteroatoms. The molecule has 4 rings (SSSR count). The average molecular weight is 337 g/mol. The van der Waals surface area contributed by atoms with Crippen molar-refractivity contribution in [3.8, 4) is 0 Å². The molecule has 2 atom stereocenters. The van der Waals surface area contributed by atoms with E-state index in [1.54, 1.807) is 20.8 Å². The van der Waals surface area contributed by atoms with Crippen LogP contribution in [0.1, 0.15) is 59.3 Å². The minimum Gasteiger partial charge on any atom is -0.425 e. The van der Waals surface area contributed by atoms with Crippen LogP contribution in [-0.4, -0.2) is 31.3 Å². The number of ether oxygens (including phenoxy) is 2. The molecule has 0 heterocycles. The van der Waals surface area contributed by atoms with E-state index in [9.17, 15) is 9.59 Å². The summed E-state index contributed by atoms with van der Waals surface area (Å²) in [6.07, 6.45) is 6.56. The first-order valence-corrected chi connectivity index (χ1v) is 9.41. The van der Waals surface area contributed by atoms with Crippen LogP contribution in [0.15, 0.2) is 0 Å². The van der Waals surface area contributed by atoms with Crippen LogP contribution in [0.4, 0.5) is 0 Å². The molecule has 0 spiro atoms. The molecular formula is C19H31NO4. The van der Waals surface area contributed by atoms with Crippen LogP contribution in [0.3, 0.4) is 0 Å². The first kappa shape index (κ1) is 17.7. The zero-order valence-electron chi connectivity index (χ0n) is 15.3. The molecule has 1 N–H and O–H groups in total. The summed E-state index contributed by atoms with van der Waals surface area (Å²) in [6.45, 7) is 5.15. The van der Waals surface area contributed by atoms with Gasteiger partial charge in [0.2, 0.25) is 6.29 Å². The van der Waals surface area contributed by atoms with E-state index in [1.165, 1.54) is 19.3 Å². The van der Waals surface area contributed by atoms with Crippen LogP contribution in [0.5, 0.6) is 0 Å². The molecular weight excluding hydrogens is 306 g/mol. The van der Waals surface area contributed by atoms with Gasteiger partial charge in [0.25, 0.3) is 0 Å². The first-order valence-electron chi connectivity index (χ1n) is 9.41. The molecule has 4 aliphatic rings. The summed E-state index contributed by atoms with van der Waals surface area (Å²) in [7, 11) is 1.84. The maximum absolute atomic E-state index is 12.8. The number of hydrogen-bond acceptors (Lipinski definition) is 5. The quantitative estimate of drug-likeness (QED) is 0.596. The third-order valence-electron chi connectivity index (χ3n) is 6.26. The number of carbonyl (C=O) groups excluding carboxylic acids is 2. The lowest BCUT2D eigenvalue weighted by Gasteiger charge is -2.58. The van der Waals surface area contributed by atoms with E-state index >= 15 is 0 Å². The third kappa shape index (κ3) is 3.32. The minimum absolute atomic E-state index is 0.0301. The number of likely N-dealkylation sites (N-methyl/N-ethyl adjacent to an activating group) is 1. The van der Waals surface area contributed by atoms with Gasteiger partial charge in [-0.2, -0.15) is 0 Å². The molecule has 0 aromatic carbocycles. The second kappa shape index (κ2) is 6.66. The Hall–Kier alpha value is -1.10. The summed E-state index contributed by atoms with van der Waals surface area (Å²) in [5.41, 5.74) is 0.0301. The van der Waals surface area contributed by atoms with E-state index in [4.69, 9.17) is 9.47 Å². The third-order valence-corrected chi connectivity index (χ3v) is 6.26. The van der Waals surface area contributed by atoms with Crippen LogP contribution in [0, 0.1) is 29.1 Å². The van der Waals surface area contributed by atoms with Crippen LogP contribution >= 0.6 is 0 Å². The van der Waals surface area contributed by atoms with E-state index in [0.717, 1.165) is 37.0 Å². The predicted octanol–water partition coefficient (Wildman–Crippen LogP) is 2.88. The minimum atomic E-state index is -0.836. The molecule has 0 amide bonds. The molecule has 4 aliphatic carbocycles. The van der Waals surface area contributed by atoms with Crippen molar-refractivity contribution in [1.82, 2.24) is 5.32 Å². The van der Waals surface area contributed by atoms with Crippen LogP contribution in [-0.2, 0) is 19.1 Å². The number of carbonyl (C=O) groups is 2. The van der Waals surface area contributed by atoms with Crippen molar-refractivity contribution < 1.29 is 19.1 Å². The first-order chi connectivity index (χ1) is 11.3. The highest BCUT2D eigenvalue weighted by Gasteiger charge is 2.56. The summed E-state index contributed by atoms with van der Waals surface area (Å²) in [4.78, 5) is 24.4. The Bertz CT molecular complexity index is 466. The van der Waals surface area contributed by atoms with Gasteiger partial charge in [-0.3, -0.25) is 9.59 Å². The van der Waals surface area contributed by atoms with Gasteiger partial charge in [0, 0.05) is 6.92 Å². The number of nitrogens with one attached hydrogen (secondary N) is 1. The molecule has 0 saturated heterocycles. The highest BCUT2D eigenvalue weighted by atomic mass is 16.7. The van der Waals surface area contributed by atoms with Crippen molar-refractivity contribution in [3.05, 3.63) is 0 Å². The fourth-order valence-electron chi connectivity index (χ4n) is 5.76. The van der Waals surface area contributed by atoms with Gasteiger partial charge in [-0.05, 0) is 68.7 Å². The highest BCUT2D eigenvalue weighted by Crippen LogP contribution is 2.61. The van der Waals surface area contributed by atoms with E-state index in [2.05, 4.69) is 5.32 Å². The van der Waals surface area contributed by atoms with Crippen LogP contribution in [0.25, 0.3) is 0 Å². The van der Waals surface area contributed by atoms with Crippen molar-refractivity contribution in [2.75, 3.05) is 7.05 Å². The SMILES string of the molecule is CN[C@@H](C(=O)OC(C)OC(=O)C(C)C)C12CC3CC(CC(C3)C1)C2. The van der Waals surface area contributed by atoms with Crippen molar-refractivity contribution >= 4 is 11.9 Å². The highest BCUT2D eigenvalue weighted by molar-refractivity contribution is 5.77. The largest absolute Gasteiger partial charge is 0.425 e. The fraction of sp³-hybridized carbons (Fsp3) is 0.895. The lowest BCUT2D eigenvalue weighted by Crippen LogP contribution is -2.58. The van der Waals surface area contributed by atoms with E-state index in [0.29, 0.717) is 0 Å². The number of hydrogen-bond donors (Lipinski definition) is 1. The topological polar surface area (TPSA) is 64.6 Å². The van der Waals surface area contributed by atoms with E-state index in [1.807, 2.05) is 7.05 Å². The van der Waals surface area contributed by atoms with Gasteiger partial charge in [0.15, 0.2) is 0 Å². The molecule has 4 bridgehead atoms. The monoisotopic (exact) mass is 337 g/mol. The Kier molecular flexibility index (Phi) is 4.92. The fourth-order valence-corrected chi connectivity index (χ4v) is 5.76. The van der Waals surface area contributed by atoms with Crippen LogP contribution in [0.2, 0.25) is 0 Å². The molecule has 4 saturated carbocycles. The molecule has 24 heavy (non-hydrogen) atoms. The van der Waals surface area contributed by atoms with Gasteiger partial charge in [-0.15, -0.1) is 0 Å². The zero-order chi connectivity index (χ0) is 17.5. The average Bonchev–Trinajstić information content (AvgIpc) is 2.45. The predicted molar refractivity (Wildman–Crippen MR) is 89.9 cm³/mol. The summed E-state index contributed by atoms with van der Waals surface area (Å²) in [6, 6.07) is -0.300. The smallest absolute Gasteiger partial charge is 0.326 e. The molecule has 0 aromatic heterocycles. The van der Waals surface area contributed by atoms with Gasteiger partial charge in [0.05, 0.1) is 5.92 Å². The van der Waals surface area contributed by atoms with Crippen molar-refractivity contribution in [3.63, 3.8) is 0 Å². The summed E-state index contributed by atoms with van der Waals surface area (Å²) in [5.74, 6) is 1.48. The van der Waals surface area contributed by atoms with Gasteiger partial charge in [0.1, 0.15) is 6.04 Å². The Morgan fingerprint density at radius 1 is 0.917 bits per heavy atom. The molecule has 4 fully saturated rings. The second-order valence-corrected chi connectivity index (χ2v) is 8.60. The molecule has 136 valence electrons. The lowest BCUT2D eigenvalue weighted by molar-refractivity contribution is -0.193. The Morgan fingerprint density at radius 2 is 1.38 bits per heavy atom. The zero-order valence-corrected chi connectivity index (χ0v) is 15.3. The standard InChI is InChI=1S/C19H31NO4/c1-11(2)17(21)23-12(3)24-18(22)16(20-4)19-8-13-5-14(9-19)7-15(6-13)10-19/h11-16,20H,5-10H2,1-4H3/t12?,13?,14?,15?,16-,19?/m0/s1. The van der Waals surface area contributed by atoms with E-state index < -0.39 is 6.29 Å². The Labute approximate surface area is 144 Å². The van der Waals surface area contributed by atoms with Gasteiger partial charge in [-0.25, -0.2) is 0 Å². The van der Waals surface area contributed by atoms with Gasteiger partial charge >= 0.3 is 11.9 Å².